The molecule has 9 heteroatoms. The average molecular weight is 571 g/mol. The van der Waals surface area contributed by atoms with Crippen molar-refractivity contribution in [2.45, 2.75) is 76.0 Å². The van der Waals surface area contributed by atoms with Crippen LogP contribution in [-0.2, 0) is 15.1 Å². The van der Waals surface area contributed by atoms with Gasteiger partial charge in [0.05, 0.1) is 28.7 Å². The van der Waals surface area contributed by atoms with Crippen LogP contribution < -0.4 is 16.0 Å². The van der Waals surface area contributed by atoms with E-state index in [1.165, 1.54) is 6.92 Å². The van der Waals surface area contributed by atoms with E-state index in [2.05, 4.69) is 16.0 Å². The lowest BCUT2D eigenvalue weighted by molar-refractivity contribution is -0.120. The minimum Gasteiger partial charge on any atom is -0.465 e. The molecule has 5 rings (SSSR count). The van der Waals surface area contributed by atoms with Crippen molar-refractivity contribution in [3.05, 3.63) is 72.4 Å². The minimum atomic E-state index is -1.13. The molecule has 2 aliphatic rings. The summed E-state index contributed by atoms with van der Waals surface area (Å²) in [6.07, 6.45) is 5.14. The molecule has 220 valence electrons. The van der Waals surface area contributed by atoms with E-state index in [1.54, 1.807) is 13.1 Å². The van der Waals surface area contributed by atoms with Crippen LogP contribution in [-0.4, -0.2) is 44.7 Å². The topological polar surface area (TPSA) is 141 Å². The predicted octanol–water partition coefficient (Wildman–Crippen LogP) is 5.45. The molecule has 0 atom stereocenters. The number of carbonyl (C=O) groups is 3. The molecule has 0 bridgehead atoms. The first-order valence-corrected chi connectivity index (χ1v) is 14.5. The molecule has 3 aromatic rings. The molecule has 1 heterocycles. The maximum absolute atomic E-state index is 13.0. The number of nitrogens with one attached hydrogen (secondary N) is 3. The van der Waals surface area contributed by atoms with Gasteiger partial charge in [-0.2, -0.15) is 0 Å². The number of aliphatic hydroxyl groups is 1. The number of carbonyl (C=O) groups excluding carboxylic acids is 2. The number of carboxylic acid groups (broad SMARTS) is 1. The maximum atomic E-state index is 13.0. The highest BCUT2D eigenvalue weighted by Gasteiger charge is 2.53. The molecule has 5 N–H and O–H groups in total. The Kier molecular flexibility index (Phi) is 8.31. The van der Waals surface area contributed by atoms with Gasteiger partial charge in [0.1, 0.15) is 0 Å². The number of amides is 3. The molecule has 2 saturated carbocycles. The quantitative estimate of drug-likeness (QED) is 0.244. The van der Waals surface area contributed by atoms with Gasteiger partial charge >= 0.3 is 6.09 Å². The lowest BCUT2D eigenvalue weighted by Crippen LogP contribution is -2.61. The zero-order chi connectivity index (χ0) is 29.9. The standard InChI is InChI=1S/C33H38N4O5/c1-21(38)35-26-14-8-22(9-15-26)16-29(39)36-27-17-28(23-6-4-3-5-7-23)30(34-18-27)24-10-12-25(13-11-24)33(37-31(40)41)19-32(2,42)20-33/h3-7,10-13,17-18,22,26,37,42H,8-9,14-16,19-20H2,1-2H3,(H,35,38)(H,36,39)(H,40,41). The lowest BCUT2D eigenvalue weighted by Gasteiger charge is -2.51. The highest BCUT2D eigenvalue weighted by molar-refractivity contribution is 5.93. The second kappa shape index (κ2) is 11.9. The van der Waals surface area contributed by atoms with Crippen LogP contribution in [0.5, 0.6) is 0 Å². The van der Waals surface area contributed by atoms with E-state index in [0.717, 1.165) is 53.6 Å². The Morgan fingerprint density at radius 3 is 2.21 bits per heavy atom. The molecule has 2 aromatic carbocycles. The summed E-state index contributed by atoms with van der Waals surface area (Å²) in [4.78, 5) is 40.5. The number of nitrogens with zero attached hydrogens (tertiary/aromatic N) is 1. The normalized spacial score (nSPS) is 25.1. The van der Waals surface area contributed by atoms with Crippen molar-refractivity contribution in [2.24, 2.45) is 5.92 Å². The van der Waals surface area contributed by atoms with Gasteiger partial charge in [-0.1, -0.05) is 54.6 Å². The van der Waals surface area contributed by atoms with Gasteiger partial charge < -0.3 is 26.2 Å². The summed E-state index contributed by atoms with van der Waals surface area (Å²) in [5, 5.41) is 28.4. The van der Waals surface area contributed by atoms with E-state index >= 15 is 0 Å². The molecule has 1 aromatic heterocycles. The van der Waals surface area contributed by atoms with Crippen LogP contribution in [0, 0.1) is 5.92 Å². The van der Waals surface area contributed by atoms with Crippen LogP contribution in [0.4, 0.5) is 10.5 Å². The molecule has 9 nitrogen and oxygen atoms in total. The van der Waals surface area contributed by atoms with E-state index in [-0.39, 0.29) is 23.8 Å². The van der Waals surface area contributed by atoms with Gasteiger partial charge in [0.25, 0.3) is 0 Å². The largest absolute Gasteiger partial charge is 0.465 e. The van der Waals surface area contributed by atoms with Crippen LogP contribution in [0.3, 0.4) is 0 Å². The van der Waals surface area contributed by atoms with Crippen LogP contribution >= 0.6 is 0 Å². The number of benzene rings is 2. The summed E-state index contributed by atoms with van der Waals surface area (Å²) < 4.78 is 0. The molecule has 3 amide bonds. The fourth-order valence-electron chi connectivity index (χ4n) is 6.64. The third-order valence-corrected chi connectivity index (χ3v) is 8.41. The van der Waals surface area contributed by atoms with E-state index in [0.29, 0.717) is 24.9 Å². The van der Waals surface area contributed by atoms with E-state index in [4.69, 9.17) is 4.98 Å². The smallest absolute Gasteiger partial charge is 0.405 e. The Balaban J connectivity index is 1.34. The SMILES string of the molecule is CC(=O)NC1CCC(CC(=O)Nc2cnc(-c3ccc(C4(NC(=O)O)CC(C)(O)C4)cc3)c(-c3ccccc3)c2)CC1. The van der Waals surface area contributed by atoms with E-state index in [9.17, 15) is 24.6 Å². The van der Waals surface area contributed by atoms with Crippen molar-refractivity contribution < 1.29 is 24.6 Å². The Hall–Kier alpha value is -4.24. The van der Waals surface area contributed by atoms with Crippen molar-refractivity contribution in [1.82, 2.24) is 15.6 Å². The molecule has 0 unspecified atom stereocenters. The summed E-state index contributed by atoms with van der Waals surface area (Å²) in [6, 6.07) is 19.6. The highest BCUT2D eigenvalue weighted by Crippen LogP contribution is 2.48. The first-order chi connectivity index (χ1) is 20.0. The van der Waals surface area contributed by atoms with Crippen molar-refractivity contribution in [2.75, 3.05) is 5.32 Å². The minimum absolute atomic E-state index is 0.0102. The van der Waals surface area contributed by atoms with Crippen LogP contribution in [0.15, 0.2) is 66.9 Å². The van der Waals surface area contributed by atoms with Gasteiger partial charge in [-0.3, -0.25) is 14.6 Å². The fraction of sp³-hybridized carbons (Fsp3) is 0.394. The molecule has 42 heavy (non-hydrogen) atoms. The number of rotatable bonds is 8. The molecule has 0 aliphatic heterocycles. The van der Waals surface area contributed by atoms with E-state index in [1.807, 2.05) is 60.7 Å². The molecular weight excluding hydrogens is 532 g/mol. The van der Waals surface area contributed by atoms with Crippen LogP contribution in [0.1, 0.15) is 64.4 Å². The Morgan fingerprint density at radius 2 is 1.62 bits per heavy atom. The van der Waals surface area contributed by atoms with Crippen molar-refractivity contribution in [3.63, 3.8) is 0 Å². The van der Waals surface area contributed by atoms with Gasteiger partial charge in [-0.05, 0) is 55.7 Å². The highest BCUT2D eigenvalue weighted by atomic mass is 16.4. The summed E-state index contributed by atoms with van der Waals surface area (Å²) in [5.41, 5.74) is 3.06. The van der Waals surface area contributed by atoms with Crippen molar-refractivity contribution in [3.8, 4) is 22.4 Å². The van der Waals surface area contributed by atoms with Crippen LogP contribution in [0.25, 0.3) is 22.4 Å². The van der Waals surface area contributed by atoms with Crippen LogP contribution in [0.2, 0.25) is 0 Å². The molecular formula is C33H38N4O5. The Bertz CT molecular complexity index is 1440. The van der Waals surface area contributed by atoms with E-state index < -0.39 is 17.2 Å². The van der Waals surface area contributed by atoms with Gasteiger partial charge in [0.2, 0.25) is 11.8 Å². The van der Waals surface area contributed by atoms with Gasteiger partial charge in [0, 0.05) is 43.4 Å². The number of pyridine rings is 1. The lowest BCUT2D eigenvalue weighted by atomic mass is 9.62. The van der Waals surface area contributed by atoms with Gasteiger partial charge in [-0.15, -0.1) is 0 Å². The second-order valence-corrected chi connectivity index (χ2v) is 12.1. The summed E-state index contributed by atoms with van der Waals surface area (Å²) in [7, 11) is 0. The molecule has 2 aliphatic carbocycles. The van der Waals surface area contributed by atoms with Crippen molar-refractivity contribution >= 4 is 23.6 Å². The molecule has 0 saturated heterocycles. The molecule has 0 radical (unpaired) electrons. The third kappa shape index (κ3) is 6.79. The van der Waals surface area contributed by atoms with Crippen molar-refractivity contribution in [1.29, 1.82) is 0 Å². The first kappa shape index (κ1) is 29.3. The number of hydrogen-bond acceptors (Lipinski definition) is 5. The Morgan fingerprint density at radius 1 is 0.952 bits per heavy atom. The fourth-order valence-corrected chi connectivity index (χ4v) is 6.64. The summed E-state index contributed by atoms with van der Waals surface area (Å²) >= 11 is 0. The Labute approximate surface area is 245 Å². The zero-order valence-electron chi connectivity index (χ0n) is 24.0. The molecule has 0 spiro atoms. The zero-order valence-corrected chi connectivity index (χ0v) is 24.0. The average Bonchev–Trinajstić information content (AvgIpc) is 2.93. The van der Waals surface area contributed by atoms with Gasteiger partial charge in [-0.25, -0.2) is 4.79 Å². The number of hydrogen-bond donors (Lipinski definition) is 5. The number of aromatic nitrogens is 1. The first-order valence-electron chi connectivity index (χ1n) is 14.5. The summed E-state index contributed by atoms with van der Waals surface area (Å²) in [6.45, 7) is 3.24. The maximum Gasteiger partial charge on any atom is 0.405 e. The second-order valence-electron chi connectivity index (χ2n) is 12.1. The number of anilines is 1. The summed E-state index contributed by atoms with van der Waals surface area (Å²) in [5.74, 6) is 0.222. The third-order valence-electron chi connectivity index (χ3n) is 8.41. The van der Waals surface area contributed by atoms with Gasteiger partial charge in [0.15, 0.2) is 0 Å². The predicted molar refractivity (Wildman–Crippen MR) is 161 cm³/mol. The molecule has 2 fully saturated rings. The monoisotopic (exact) mass is 570 g/mol.